The van der Waals surface area contributed by atoms with Crippen molar-refractivity contribution >= 4 is 12.1 Å². The summed E-state index contributed by atoms with van der Waals surface area (Å²) in [4.78, 5) is 27.4. The van der Waals surface area contributed by atoms with Gasteiger partial charge in [0.05, 0.1) is 12.6 Å². The van der Waals surface area contributed by atoms with Crippen LogP contribution in [0.5, 0.6) is 0 Å². The number of hydrogen-bond acceptors (Lipinski definition) is 5. The van der Waals surface area contributed by atoms with Crippen LogP contribution < -0.4 is 5.32 Å². The second-order valence-corrected chi connectivity index (χ2v) is 6.98. The summed E-state index contributed by atoms with van der Waals surface area (Å²) in [5.74, 6) is 0.804. The fourth-order valence-corrected chi connectivity index (χ4v) is 4.00. The average Bonchev–Trinajstić information content (AvgIpc) is 3.27. The van der Waals surface area contributed by atoms with Crippen LogP contribution in [0.3, 0.4) is 0 Å². The average molecular weight is 348 g/mol. The summed E-state index contributed by atoms with van der Waals surface area (Å²) in [6, 6.07) is 0.288. The predicted molar refractivity (Wildman–Crippen MR) is 87.8 cm³/mol. The van der Waals surface area contributed by atoms with Crippen LogP contribution >= 0.6 is 0 Å². The van der Waals surface area contributed by atoms with Crippen LogP contribution in [0, 0.1) is 0 Å². The molecule has 1 aromatic rings. The molecule has 9 nitrogen and oxygen atoms in total. The Hall–Kier alpha value is -2.32. The molecule has 0 radical (unpaired) electrons. The summed E-state index contributed by atoms with van der Waals surface area (Å²) in [5, 5.41) is 11.2. The molecule has 1 saturated carbocycles. The predicted octanol–water partition coefficient (Wildman–Crippen LogP) is 1.13. The maximum absolute atomic E-state index is 12.5. The molecule has 3 amide bonds. The first-order valence-electron chi connectivity index (χ1n) is 9.07. The monoisotopic (exact) mass is 348 g/mol. The molecule has 1 aliphatic carbocycles. The Morgan fingerprint density at radius 2 is 2.08 bits per heavy atom. The zero-order valence-electron chi connectivity index (χ0n) is 14.3. The fourth-order valence-electron chi connectivity index (χ4n) is 4.00. The highest BCUT2D eigenvalue weighted by Crippen LogP contribution is 2.28. The Kier molecular flexibility index (Phi) is 4.46. The van der Waals surface area contributed by atoms with E-state index in [1.54, 1.807) is 16.1 Å². The van der Waals surface area contributed by atoms with Crippen LogP contribution in [0.4, 0.5) is 9.59 Å². The van der Waals surface area contributed by atoms with Crippen molar-refractivity contribution in [3.05, 3.63) is 12.2 Å². The maximum Gasteiger partial charge on any atom is 0.410 e. The van der Waals surface area contributed by atoms with E-state index in [0.29, 0.717) is 38.8 Å². The van der Waals surface area contributed by atoms with Crippen molar-refractivity contribution < 1.29 is 14.3 Å². The summed E-state index contributed by atoms with van der Waals surface area (Å²) in [6.07, 6.45) is 7.57. The number of nitrogens with one attached hydrogen (secondary N) is 1. The Bertz CT molecular complexity index is 642. The van der Waals surface area contributed by atoms with Crippen LogP contribution in [-0.4, -0.2) is 69.0 Å². The van der Waals surface area contributed by atoms with Crippen molar-refractivity contribution in [2.75, 3.05) is 26.2 Å². The van der Waals surface area contributed by atoms with E-state index in [0.717, 1.165) is 18.7 Å². The van der Waals surface area contributed by atoms with Crippen molar-refractivity contribution in [3.63, 3.8) is 0 Å². The third-order valence-corrected chi connectivity index (χ3v) is 5.42. The number of ether oxygens (including phenoxy) is 1. The summed E-state index contributed by atoms with van der Waals surface area (Å²) >= 11 is 0. The van der Waals surface area contributed by atoms with E-state index in [9.17, 15) is 9.59 Å². The molecule has 2 aliphatic heterocycles. The van der Waals surface area contributed by atoms with Crippen molar-refractivity contribution in [1.82, 2.24) is 29.9 Å². The molecule has 25 heavy (non-hydrogen) atoms. The van der Waals surface area contributed by atoms with Gasteiger partial charge < -0.3 is 19.5 Å². The molecule has 0 unspecified atom stereocenters. The van der Waals surface area contributed by atoms with Crippen molar-refractivity contribution in [2.24, 2.45) is 0 Å². The molecule has 1 atom stereocenters. The molecule has 1 N–H and O–H groups in total. The van der Waals surface area contributed by atoms with E-state index >= 15 is 0 Å². The highest BCUT2D eigenvalue weighted by molar-refractivity contribution is 5.75. The number of carbonyl (C=O) groups excluding carboxylic acids is 2. The molecule has 3 fully saturated rings. The number of hydrogen-bond donors (Lipinski definition) is 1. The molecule has 2 saturated heterocycles. The highest BCUT2D eigenvalue weighted by Gasteiger charge is 2.38. The maximum atomic E-state index is 12.5. The van der Waals surface area contributed by atoms with E-state index in [-0.39, 0.29) is 18.2 Å². The van der Waals surface area contributed by atoms with Crippen molar-refractivity contribution in [1.29, 1.82) is 0 Å². The van der Waals surface area contributed by atoms with Gasteiger partial charge in [-0.3, -0.25) is 4.90 Å². The summed E-state index contributed by atoms with van der Waals surface area (Å²) < 4.78 is 7.15. The van der Waals surface area contributed by atoms with Gasteiger partial charge in [0, 0.05) is 25.7 Å². The van der Waals surface area contributed by atoms with E-state index in [4.69, 9.17) is 4.74 Å². The van der Waals surface area contributed by atoms with Crippen molar-refractivity contribution in [2.45, 2.75) is 50.7 Å². The van der Waals surface area contributed by atoms with E-state index < -0.39 is 0 Å². The first-order valence-corrected chi connectivity index (χ1v) is 9.07. The quantitative estimate of drug-likeness (QED) is 0.884. The highest BCUT2D eigenvalue weighted by atomic mass is 16.6. The molecular formula is C16H24N6O3. The number of rotatable bonds is 3. The van der Waals surface area contributed by atoms with Gasteiger partial charge in [-0.05, 0) is 12.8 Å². The van der Waals surface area contributed by atoms with Gasteiger partial charge in [-0.2, -0.15) is 0 Å². The number of fused-ring (bicyclic) bond motifs is 1. The van der Waals surface area contributed by atoms with E-state index in [1.807, 2.05) is 0 Å². The number of carbonyl (C=O) groups is 2. The van der Waals surface area contributed by atoms with Crippen LogP contribution in [0.2, 0.25) is 0 Å². The minimum atomic E-state index is -0.273. The van der Waals surface area contributed by atoms with Gasteiger partial charge in [0.15, 0.2) is 5.82 Å². The summed E-state index contributed by atoms with van der Waals surface area (Å²) in [6.45, 7) is 2.28. The number of cyclic esters (lactones) is 1. The largest absolute Gasteiger partial charge is 0.447 e. The number of nitrogens with zero attached hydrogens (tertiary/aromatic N) is 5. The number of piperazine rings is 1. The van der Waals surface area contributed by atoms with Gasteiger partial charge in [0.25, 0.3) is 0 Å². The zero-order chi connectivity index (χ0) is 17.2. The number of urea groups is 1. The second-order valence-electron chi connectivity index (χ2n) is 6.98. The lowest BCUT2D eigenvalue weighted by atomic mass is 9.95. The van der Waals surface area contributed by atoms with Gasteiger partial charge in [-0.1, -0.05) is 19.3 Å². The summed E-state index contributed by atoms with van der Waals surface area (Å²) in [5.41, 5.74) is 0. The Morgan fingerprint density at radius 3 is 2.92 bits per heavy atom. The number of amides is 3. The molecule has 136 valence electrons. The SMILES string of the molecule is O=C(NCc1nncn1C1CCCCC1)N1CCN2C(=O)OC[C@@H]2C1. The lowest BCUT2D eigenvalue weighted by Crippen LogP contribution is -2.55. The van der Waals surface area contributed by atoms with Crippen LogP contribution in [0.15, 0.2) is 6.33 Å². The molecule has 3 aliphatic rings. The molecule has 0 aromatic carbocycles. The normalized spacial score (nSPS) is 24.2. The van der Waals surface area contributed by atoms with Gasteiger partial charge in [0.1, 0.15) is 12.9 Å². The Morgan fingerprint density at radius 1 is 1.24 bits per heavy atom. The first-order chi connectivity index (χ1) is 12.2. The van der Waals surface area contributed by atoms with E-state index in [2.05, 4.69) is 20.1 Å². The van der Waals surface area contributed by atoms with Crippen LogP contribution in [0.25, 0.3) is 0 Å². The van der Waals surface area contributed by atoms with Crippen LogP contribution in [0.1, 0.15) is 44.0 Å². The van der Waals surface area contributed by atoms with E-state index in [1.165, 1.54) is 19.3 Å². The van der Waals surface area contributed by atoms with Gasteiger partial charge >= 0.3 is 12.1 Å². The fraction of sp³-hybridized carbons (Fsp3) is 0.750. The van der Waals surface area contributed by atoms with Gasteiger partial charge in [-0.15, -0.1) is 10.2 Å². The molecule has 1 aromatic heterocycles. The minimum Gasteiger partial charge on any atom is -0.447 e. The third kappa shape index (κ3) is 3.27. The first kappa shape index (κ1) is 16.2. The smallest absolute Gasteiger partial charge is 0.410 e. The lowest BCUT2D eigenvalue weighted by molar-refractivity contribution is 0.127. The summed E-state index contributed by atoms with van der Waals surface area (Å²) in [7, 11) is 0. The number of aromatic nitrogens is 3. The minimum absolute atomic E-state index is 0.0297. The standard InChI is InChI=1S/C16H24N6O3/c23-15(20-6-7-21-13(9-20)10-25-16(21)24)17-8-14-19-18-11-22(14)12-4-2-1-3-5-12/h11-13H,1-10H2,(H,17,23)/t13-/m0/s1. The Labute approximate surface area is 146 Å². The van der Waals surface area contributed by atoms with Gasteiger partial charge in [-0.25, -0.2) is 9.59 Å². The molecule has 0 spiro atoms. The lowest BCUT2D eigenvalue weighted by Gasteiger charge is -2.35. The van der Waals surface area contributed by atoms with Crippen LogP contribution in [-0.2, 0) is 11.3 Å². The topological polar surface area (TPSA) is 92.6 Å². The zero-order valence-corrected chi connectivity index (χ0v) is 14.3. The molecule has 3 heterocycles. The van der Waals surface area contributed by atoms with Crippen molar-refractivity contribution in [3.8, 4) is 0 Å². The molecule has 0 bridgehead atoms. The Balaban J connectivity index is 1.32. The molecule has 4 rings (SSSR count). The molecular weight excluding hydrogens is 324 g/mol. The van der Waals surface area contributed by atoms with Gasteiger partial charge in [0.2, 0.25) is 0 Å². The molecule has 9 heteroatoms. The third-order valence-electron chi connectivity index (χ3n) is 5.42. The second kappa shape index (κ2) is 6.89.